The Bertz CT molecular complexity index is 360. The van der Waals surface area contributed by atoms with Crippen LogP contribution in [-0.2, 0) is 4.74 Å². The minimum Gasteiger partial charge on any atom is -0.446 e. The maximum absolute atomic E-state index is 12.3. The first-order valence-electron chi connectivity index (χ1n) is 8.82. The van der Waals surface area contributed by atoms with Crippen molar-refractivity contribution in [3.8, 4) is 0 Å². The van der Waals surface area contributed by atoms with Gasteiger partial charge < -0.3 is 14.5 Å². The number of amides is 1. The highest BCUT2D eigenvalue weighted by Gasteiger charge is 2.30. The summed E-state index contributed by atoms with van der Waals surface area (Å²) in [6.07, 6.45) is 9.17. The average molecular weight is 421 g/mol. The molecule has 1 amide bonds. The number of carbonyl (C=O) groups is 1. The van der Waals surface area contributed by atoms with Gasteiger partial charge in [0.05, 0.1) is 0 Å². The fourth-order valence-corrected chi connectivity index (χ4v) is 4.65. The molecule has 22 heavy (non-hydrogen) atoms. The third-order valence-electron chi connectivity index (χ3n) is 5.48. The molecule has 3 fully saturated rings. The lowest BCUT2D eigenvalue weighted by atomic mass is 9.94. The Morgan fingerprint density at radius 1 is 0.955 bits per heavy atom. The maximum Gasteiger partial charge on any atom is 0.410 e. The van der Waals surface area contributed by atoms with Crippen LogP contribution >= 0.6 is 22.9 Å². The molecule has 1 saturated carbocycles. The normalized spacial score (nSPS) is 31.4. The largest absolute Gasteiger partial charge is 0.446 e. The van der Waals surface area contributed by atoms with E-state index in [4.69, 9.17) is 4.74 Å². The Kier molecular flexibility index (Phi) is 6.21. The number of rotatable bonds is 3. The van der Waals surface area contributed by atoms with Gasteiger partial charge in [0.15, 0.2) is 0 Å². The molecule has 0 atom stereocenters. The van der Waals surface area contributed by atoms with Gasteiger partial charge in [-0.15, -0.1) is 0 Å². The van der Waals surface area contributed by atoms with Crippen molar-refractivity contribution in [2.75, 3.05) is 26.2 Å². The van der Waals surface area contributed by atoms with Crippen molar-refractivity contribution in [2.45, 2.75) is 69.6 Å². The summed E-state index contributed by atoms with van der Waals surface area (Å²) >= 11 is 2.22. The van der Waals surface area contributed by atoms with Crippen LogP contribution < -0.4 is 3.53 Å². The van der Waals surface area contributed by atoms with E-state index in [1.165, 1.54) is 25.9 Å². The van der Waals surface area contributed by atoms with Gasteiger partial charge in [0.2, 0.25) is 0 Å². The van der Waals surface area contributed by atoms with Crippen LogP contribution in [0.5, 0.6) is 0 Å². The summed E-state index contributed by atoms with van der Waals surface area (Å²) in [6.45, 7) is 4.24. The molecule has 2 heterocycles. The molecule has 3 aliphatic rings. The summed E-state index contributed by atoms with van der Waals surface area (Å²) in [7, 11) is 0. The van der Waals surface area contributed by atoms with Crippen molar-refractivity contribution in [2.24, 2.45) is 0 Å². The summed E-state index contributed by atoms with van der Waals surface area (Å²) in [4.78, 5) is 16.9. The van der Waals surface area contributed by atoms with Crippen molar-refractivity contribution in [1.29, 1.82) is 0 Å². The first-order chi connectivity index (χ1) is 10.8. The molecule has 3 rings (SSSR count). The third kappa shape index (κ3) is 4.26. The Labute approximate surface area is 147 Å². The number of piperidine rings is 1. The second kappa shape index (κ2) is 8.15. The van der Waals surface area contributed by atoms with Crippen molar-refractivity contribution >= 4 is 29.0 Å². The molecule has 5 nitrogen and oxygen atoms in total. The van der Waals surface area contributed by atoms with Gasteiger partial charge in [0.1, 0.15) is 6.10 Å². The summed E-state index contributed by atoms with van der Waals surface area (Å²) in [6, 6.07) is 1.28. The van der Waals surface area contributed by atoms with E-state index in [1.807, 2.05) is 4.90 Å². The molecule has 0 aromatic heterocycles. The van der Waals surface area contributed by atoms with Crippen LogP contribution in [0.1, 0.15) is 51.4 Å². The lowest BCUT2D eigenvalue weighted by Crippen LogP contribution is -2.47. The predicted molar refractivity (Wildman–Crippen MR) is 95.1 cm³/mol. The third-order valence-corrected chi connectivity index (χ3v) is 6.36. The van der Waals surface area contributed by atoms with E-state index in [0.29, 0.717) is 12.1 Å². The van der Waals surface area contributed by atoms with Crippen LogP contribution in [0.4, 0.5) is 4.79 Å². The van der Waals surface area contributed by atoms with Crippen LogP contribution in [-0.4, -0.2) is 60.3 Å². The molecule has 0 aromatic carbocycles. The second-order valence-corrected chi connectivity index (χ2v) is 7.55. The molecule has 2 aliphatic heterocycles. The van der Waals surface area contributed by atoms with Gasteiger partial charge in [-0.05, 0) is 64.5 Å². The lowest BCUT2D eigenvalue weighted by molar-refractivity contribution is 0.0316. The van der Waals surface area contributed by atoms with E-state index < -0.39 is 0 Å². The van der Waals surface area contributed by atoms with Crippen molar-refractivity contribution in [1.82, 2.24) is 13.3 Å². The number of hydrogen-bond acceptors (Lipinski definition) is 4. The summed E-state index contributed by atoms with van der Waals surface area (Å²) in [5.74, 6) is 0. The van der Waals surface area contributed by atoms with E-state index in [1.54, 1.807) is 0 Å². The first-order valence-corrected chi connectivity index (χ1v) is 9.90. The number of nitrogens with zero attached hydrogens (tertiary/aromatic N) is 2. The zero-order valence-corrected chi connectivity index (χ0v) is 15.5. The fraction of sp³-hybridized carbons (Fsp3) is 0.938. The number of ether oxygens (including phenoxy) is 1. The van der Waals surface area contributed by atoms with Crippen molar-refractivity contribution < 1.29 is 9.53 Å². The molecule has 1 N–H and O–H groups in total. The molecular weight excluding hydrogens is 393 g/mol. The zero-order valence-electron chi connectivity index (χ0n) is 13.3. The highest BCUT2D eigenvalue weighted by Crippen LogP contribution is 2.24. The van der Waals surface area contributed by atoms with Crippen LogP contribution in [0.3, 0.4) is 0 Å². The van der Waals surface area contributed by atoms with Gasteiger partial charge in [0, 0.05) is 48.0 Å². The van der Waals surface area contributed by atoms with Gasteiger partial charge in [-0.25, -0.2) is 4.79 Å². The monoisotopic (exact) mass is 421 g/mol. The molecule has 0 spiro atoms. The number of halogens is 1. The number of hydrogen-bond donors (Lipinski definition) is 1. The molecule has 0 radical (unpaired) electrons. The highest BCUT2D eigenvalue weighted by atomic mass is 127. The van der Waals surface area contributed by atoms with Crippen LogP contribution in [0.15, 0.2) is 0 Å². The summed E-state index contributed by atoms with van der Waals surface area (Å²) < 4.78 is 9.01. The number of carbonyl (C=O) groups excluding carboxylic acids is 1. The molecule has 6 heteroatoms. The van der Waals surface area contributed by atoms with Gasteiger partial charge >= 0.3 is 6.09 Å². The van der Waals surface area contributed by atoms with Gasteiger partial charge in [-0.1, -0.05) is 0 Å². The zero-order chi connectivity index (χ0) is 15.4. The van der Waals surface area contributed by atoms with E-state index in [0.717, 1.165) is 51.6 Å². The molecule has 0 bridgehead atoms. The molecule has 2 saturated heterocycles. The molecule has 1 aliphatic carbocycles. The van der Waals surface area contributed by atoms with Crippen molar-refractivity contribution in [3.05, 3.63) is 0 Å². The fourth-order valence-electron chi connectivity index (χ4n) is 4.03. The number of likely N-dealkylation sites (tertiary alicyclic amines) is 2. The van der Waals surface area contributed by atoms with E-state index >= 15 is 0 Å². The smallest absolute Gasteiger partial charge is 0.410 e. The highest BCUT2D eigenvalue weighted by molar-refractivity contribution is 14.1. The molecular formula is C16H28IN3O2. The first kappa shape index (κ1) is 16.8. The minimum absolute atomic E-state index is 0.0780. The Balaban J connectivity index is 1.38. The molecule has 0 unspecified atom stereocenters. The minimum atomic E-state index is -0.0780. The quantitative estimate of drug-likeness (QED) is 0.563. The Hall–Kier alpha value is -0.0800. The standard InChI is InChI=1S/C16H28IN3O2/c17-18-13-3-5-15(6-4-13)22-16(21)20-11-7-14(8-12-20)19-9-1-2-10-19/h13-15,18H,1-12H2/t13-,15-. The number of nitrogens with one attached hydrogen (secondary N) is 1. The van der Waals surface area contributed by atoms with Crippen LogP contribution in [0.2, 0.25) is 0 Å². The van der Waals surface area contributed by atoms with Crippen LogP contribution in [0.25, 0.3) is 0 Å². The van der Waals surface area contributed by atoms with E-state index in [2.05, 4.69) is 31.3 Å². The van der Waals surface area contributed by atoms with Gasteiger partial charge in [-0.3, -0.25) is 3.53 Å². The van der Waals surface area contributed by atoms with E-state index in [-0.39, 0.29) is 12.2 Å². The SMILES string of the molecule is O=C(O[C@H]1CC[C@H](NI)CC1)N1CCC(N2CCCC2)CC1. The molecule has 126 valence electrons. The lowest BCUT2D eigenvalue weighted by Gasteiger charge is -2.37. The van der Waals surface area contributed by atoms with Gasteiger partial charge in [-0.2, -0.15) is 0 Å². The Morgan fingerprint density at radius 3 is 2.18 bits per heavy atom. The average Bonchev–Trinajstić information content (AvgIpc) is 3.10. The predicted octanol–water partition coefficient (Wildman–Crippen LogP) is 2.93. The summed E-state index contributed by atoms with van der Waals surface area (Å²) in [5.41, 5.74) is 0. The Morgan fingerprint density at radius 2 is 1.59 bits per heavy atom. The topological polar surface area (TPSA) is 44.8 Å². The molecule has 0 aromatic rings. The van der Waals surface area contributed by atoms with Crippen molar-refractivity contribution in [3.63, 3.8) is 0 Å². The maximum atomic E-state index is 12.3. The van der Waals surface area contributed by atoms with E-state index in [9.17, 15) is 4.79 Å². The van der Waals surface area contributed by atoms with Crippen LogP contribution in [0, 0.1) is 0 Å². The second-order valence-electron chi connectivity index (χ2n) is 6.93. The summed E-state index contributed by atoms with van der Waals surface area (Å²) in [5, 5.41) is 0. The van der Waals surface area contributed by atoms with Gasteiger partial charge in [0.25, 0.3) is 0 Å².